The largest absolute Gasteiger partial charge is 0.341 e. The monoisotopic (exact) mass is 367 g/mol. The number of rotatable bonds is 5. The molecule has 23 heavy (non-hydrogen) atoms. The van der Waals surface area contributed by atoms with Gasteiger partial charge in [-0.3, -0.25) is 4.79 Å². The molecule has 2 aliphatic rings. The van der Waals surface area contributed by atoms with Crippen molar-refractivity contribution in [3.05, 3.63) is 0 Å². The van der Waals surface area contributed by atoms with Crippen molar-refractivity contribution < 1.29 is 13.2 Å². The van der Waals surface area contributed by atoms with Crippen molar-refractivity contribution in [3.8, 4) is 0 Å². The van der Waals surface area contributed by atoms with E-state index in [9.17, 15) is 13.2 Å². The van der Waals surface area contributed by atoms with E-state index in [0.717, 1.165) is 32.1 Å². The van der Waals surface area contributed by atoms with Crippen LogP contribution in [0.5, 0.6) is 0 Å². The van der Waals surface area contributed by atoms with Crippen molar-refractivity contribution in [1.82, 2.24) is 9.62 Å². The molecule has 0 aromatic carbocycles. The van der Waals surface area contributed by atoms with E-state index in [4.69, 9.17) is 5.73 Å². The first kappa shape index (κ1) is 20.7. The Morgan fingerprint density at radius 3 is 2.39 bits per heavy atom. The molecular weight excluding hydrogens is 338 g/mol. The van der Waals surface area contributed by atoms with Gasteiger partial charge in [-0.05, 0) is 39.5 Å². The van der Waals surface area contributed by atoms with Gasteiger partial charge in [0, 0.05) is 31.1 Å². The highest BCUT2D eigenvalue weighted by molar-refractivity contribution is 7.90. The second kappa shape index (κ2) is 8.14. The molecule has 3 N–H and O–H groups in total. The summed E-state index contributed by atoms with van der Waals surface area (Å²) in [6, 6.07) is 0. The number of likely N-dealkylation sites (tertiary alicyclic amines) is 1. The van der Waals surface area contributed by atoms with Crippen molar-refractivity contribution >= 4 is 28.3 Å². The summed E-state index contributed by atoms with van der Waals surface area (Å²) >= 11 is 0. The molecule has 136 valence electrons. The fraction of sp³-hybridized carbons (Fsp3) is 0.933. The van der Waals surface area contributed by atoms with Gasteiger partial charge in [-0.1, -0.05) is 12.8 Å². The number of sulfonamides is 1. The zero-order valence-corrected chi connectivity index (χ0v) is 15.7. The predicted octanol–water partition coefficient (Wildman–Crippen LogP) is 1.25. The maximum Gasteiger partial charge on any atom is 0.225 e. The van der Waals surface area contributed by atoms with Gasteiger partial charge in [-0.2, -0.15) is 0 Å². The highest BCUT2D eigenvalue weighted by Gasteiger charge is 2.35. The minimum atomic E-state index is -3.43. The molecule has 0 aromatic heterocycles. The number of nitrogens with two attached hydrogens (primary N) is 1. The number of nitrogens with one attached hydrogen (secondary N) is 1. The van der Waals surface area contributed by atoms with Gasteiger partial charge < -0.3 is 10.6 Å². The predicted molar refractivity (Wildman–Crippen MR) is 94.0 cm³/mol. The van der Waals surface area contributed by atoms with Crippen LogP contribution in [-0.4, -0.2) is 49.6 Å². The Bertz CT molecular complexity index is 499. The van der Waals surface area contributed by atoms with Crippen LogP contribution in [0, 0.1) is 5.92 Å². The number of halogens is 1. The third kappa shape index (κ3) is 5.89. The van der Waals surface area contributed by atoms with E-state index in [-0.39, 0.29) is 30.8 Å². The molecule has 1 saturated heterocycles. The van der Waals surface area contributed by atoms with Gasteiger partial charge in [0.05, 0.1) is 5.25 Å². The third-order valence-electron chi connectivity index (χ3n) is 4.56. The Hall–Kier alpha value is -0.370. The zero-order chi connectivity index (χ0) is 16.4. The molecule has 1 unspecified atom stereocenters. The molecule has 1 amide bonds. The van der Waals surface area contributed by atoms with Crippen LogP contribution in [0.15, 0.2) is 0 Å². The summed E-state index contributed by atoms with van der Waals surface area (Å²) in [5, 5.41) is -0.519. The first-order chi connectivity index (χ1) is 10.2. The van der Waals surface area contributed by atoms with Gasteiger partial charge in [0.25, 0.3) is 0 Å². The molecule has 0 aromatic rings. The first-order valence-electron chi connectivity index (χ1n) is 8.25. The van der Waals surface area contributed by atoms with E-state index in [2.05, 4.69) is 4.72 Å². The molecule has 0 radical (unpaired) electrons. The van der Waals surface area contributed by atoms with Crippen LogP contribution in [0.2, 0.25) is 0 Å². The fourth-order valence-electron chi connectivity index (χ4n) is 3.23. The van der Waals surface area contributed by atoms with E-state index in [1.165, 1.54) is 0 Å². The Labute approximate surface area is 146 Å². The average Bonchev–Trinajstić information content (AvgIpc) is 2.98. The number of carbonyl (C=O) groups is 1. The topological polar surface area (TPSA) is 92.5 Å². The highest BCUT2D eigenvalue weighted by atomic mass is 35.5. The Balaban J connectivity index is 0.00000264. The number of piperidine rings is 1. The Morgan fingerprint density at radius 1 is 1.22 bits per heavy atom. The molecular formula is C15H30ClN3O3S. The summed E-state index contributed by atoms with van der Waals surface area (Å²) in [6.45, 7) is 4.78. The summed E-state index contributed by atoms with van der Waals surface area (Å²) in [5.41, 5.74) is 5.26. The molecule has 6 nitrogen and oxygen atoms in total. The molecule has 2 rings (SSSR count). The lowest BCUT2D eigenvalue weighted by Gasteiger charge is -2.34. The zero-order valence-electron chi connectivity index (χ0n) is 14.1. The molecule has 0 spiro atoms. The Morgan fingerprint density at radius 2 is 1.83 bits per heavy atom. The first-order valence-corrected chi connectivity index (χ1v) is 9.80. The standard InChI is InChI=1S/C15H29N3O3S.ClH/c1-15(2,16)11-17-22(20,21)13-8-5-9-18(10-13)14(19)12-6-3-4-7-12;/h12-13,17H,3-11,16H2,1-2H3;1H. The van der Waals surface area contributed by atoms with E-state index in [0.29, 0.717) is 19.5 Å². The van der Waals surface area contributed by atoms with Crippen molar-refractivity contribution in [2.24, 2.45) is 11.7 Å². The van der Waals surface area contributed by atoms with E-state index >= 15 is 0 Å². The number of nitrogens with zero attached hydrogens (tertiary/aromatic N) is 1. The summed E-state index contributed by atoms with van der Waals surface area (Å²) in [4.78, 5) is 14.2. The second-order valence-corrected chi connectivity index (χ2v) is 9.43. The van der Waals surface area contributed by atoms with Crippen molar-refractivity contribution in [2.75, 3.05) is 19.6 Å². The van der Waals surface area contributed by atoms with Gasteiger partial charge in [0.15, 0.2) is 0 Å². The van der Waals surface area contributed by atoms with Crippen LogP contribution in [-0.2, 0) is 14.8 Å². The molecule has 1 heterocycles. The van der Waals surface area contributed by atoms with Gasteiger partial charge >= 0.3 is 0 Å². The van der Waals surface area contributed by atoms with E-state index in [1.807, 2.05) is 0 Å². The van der Waals surface area contributed by atoms with Crippen LogP contribution in [0.25, 0.3) is 0 Å². The lowest BCUT2D eigenvalue weighted by Crippen LogP contribution is -2.52. The molecule has 1 saturated carbocycles. The number of amides is 1. The minimum absolute atomic E-state index is 0. The van der Waals surface area contributed by atoms with E-state index < -0.39 is 20.8 Å². The van der Waals surface area contributed by atoms with Gasteiger partial charge in [0.2, 0.25) is 15.9 Å². The highest BCUT2D eigenvalue weighted by Crippen LogP contribution is 2.28. The van der Waals surface area contributed by atoms with Crippen molar-refractivity contribution in [1.29, 1.82) is 0 Å². The molecule has 8 heteroatoms. The molecule has 2 fully saturated rings. The van der Waals surface area contributed by atoms with Crippen LogP contribution in [0.4, 0.5) is 0 Å². The maximum atomic E-state index is 12.5. The summed E-state index contributed by atoms with van der Waals surface area (Å²) < 4.78 is 27.4. The molecule has 1 atom stereocenters. The Kier molecular flexibility index (Phi) is 7.32. The van der Waals surface area contributed by atoms with Gasteiger partial charge in [-0.25, -0.2) is 13.1 Å². The quantitative estimate of drug-likeness (QED) is 0.764. The third-order valence-corrected chi connectivity index (χ3v) is 6.37. The van der Waals surface area contributed by atoms with E-state index in [1.54, 1.807) is 18.7 Å². The second-order valence-electron chi connectivity index (χ2n) is 7.38. The van der Waals surface area contributed by atoms with Crippen molar-refractivity contribution in [3.63, 3.8) is 0 Å². The number of hydrogen-bond donors (Lipinski definition) is 2. The number of carbonyl (C=O) groups excluding carboxylic acids is 1. The van der Waals surface area contributed by atoms with Crippen molar-refractivity contribution in [2.45, 2.75) is 63.2 Å². The van der Waals surface area contributed by atoms with Gasteiger partial charge in [-0.15, -0.1) is 12.4 Å². The lowest BCUT2D eigenvalue weighted by molar-refractivity contribution is -0.136. The summed E-state index contributed by atoms with van der Waals surface area (Å²) in [7, 11) is -3.43. The maximum absolute atomic E-state index is 12.5. The van der Waals surface area contributed by atoms with Crippen LogP contribution >= 0.6 is 12.4 Å². The lowest BCUT2D eigenvalue weighted by atomic mass is 10.0. The average molecular weight is 368 g/mol. The summed E-state index contributed by atoms with van der Waals surface area (Å²) in [6.07, 6.45) is 5.47. The van der Waals surface area contributed by atoms with Crippen LogP contribution in [0.3, 0.4) is 0 Å². The SMILES string of the molecule is CC(C)(N)CNS(=O)(=O)C1CCCN(C(=O)C2CCCC2)C1.Cl. The molecule has 1 aliphatic carbocycles. The van der Waals surface area contributed by atoms with Crippen LogP contribution < -0.4 is 10.5 Å². The van der Waals surface area contributed by atoms with Crippen LogP contribution in [0.1, 0.15) is 52.4 Å². The molecule has 1 aliphatic heterocycles. The normalized spacial score (nSPS) is 23.6. The minimum Gasteiger partial charge on any atom is -0.341 e. The molecule has 0 bridgehead atoms. The smallest absolute Gasteiger partial charge is 0.225 e. The number of hydrogen-bond acceptors (Lipinski definition) is 4. The van der Waals surface area contributed by atoms with Gasteiger partial charge in [0.1, 0.15) is 0 Å². The fourth-order valence-corrected chi connectivity index (χ4v) is 4.89. The summed E-state index contributed by atoms with van der Waals surface area (Å²) in [5.74, 6) is 0.258.